The topological polar surface area (TPSA) is 79.3 Å². The van der Waals surface area contributed by atoms with Crippen molar-refractivity contribution in [3.05, 3.63) is 36.0 Å². The summed E-state index contributed by atoms with van der Waals surface area (Å²) in [6.07, 6.45) is 4.94. The summed E-state index contributed by atoms with van der Waals surface area (Å²) in [5.74, 6) is 0.306. The molecule has 2 N–H and O–H groups in total. The van der Waals surface area contributed by atoms with E-state index in [1.807, 2.05) is 6.92 Å². The Balaban J connectivity index is 1.88. The molecule has 1 aromatic heterocycles. The van der Waals surface area contributed by atoms with Crippen LogP contribution < -0.4 is 4.72 Å². The molecule has 1 aliphatic rings. The molecular formula is C17H22N2O3S. The largest absolute Gasteiger partial charge is 0.396 e. The molecule has 0 spiro atoms. The number of aryl methyl sites for hydroxylation is 1. The van der Waals surface area contributed by atoms with Gasteiger partial charge in [-0.15, -0.1) is 0 Å². The average molecular weight is 334 g/mol. The van der Waals surface area contributed by atoms with Crippen LogP contribution >= 0.6 is 0 Å². The highest BCUT2D eigenvalue weighted by atomic mass is 32.2. The van der Waals surface area contributed by atoms with Crippen LogP contribution in [0.2, 0.25) is 0 Å². The van der Waals surface area contributed by atoms with Crippen LogP contribution in [-0.2, 0) is 10.0 Å². The zero-order valence-electron chi connectivity index (χ0n) is 13.2. The molecule has 6 heteroatoms. The number of hydrogen-bond donors (Lipinski definition) is 2. The lowest BCUT2D eigenvalue weighted by Crippen LogP contribution is -2.38. The van der Waals surface area contributed by atoms with Crippen LogP contribution in [0, 0.1) is 12.8 Å². The molecule has 0 aliphatic heterocycles. The van der Waals surface area contributed by atoms with Crippen molar-refractivity contribution in [1.82, 2.24) is 9.71 Å². The normalized spacial score (nSPS) is 22.3. The molecule has 0 atom stereocenters. The molecule has 0 bridgehead atoms. The van der Waals surface area contributed by atoms with Crippen molar-refractivity contribution in [1.29, 1.82) is 0 Å². The van der Waals surface area contributed by atoms with Crippen LogP contribution in [-0.4, -0.2) is 31.2 Å². The van der Waals surface area contributed by atoms with E-state index in [2.05, 4.69) is 9.71 Å². The molecule has 3 rings (SSSR count). The van der Waals surface area contributed by atoms with Crippen LogP contribution in [0.3, 0.4) is 0 Å². The van der Waals surface area contributed by atoms with E-state index < -0.39 is 10.0 Å². The number of aromatic nitrogens is 1. The molecular weight excluding hydrogens is 312 g/mol. The molecule has 1 aromatic carbocycles. The summed E-state index contributed by atoms with van der Waals surface area (Å²) in [7, 11) is -3.58. The zero-order valence-corrected chi connectivity index (χ0v) is 14.0. The number of fused-ring (bicyclic) bond motifs is 1. The van der Waals surface area contributed by atoms with Gasteiger partial charge in [0.1, 0.15) is 0 Å². The summed E-state index contributed by atoms with van der Waals surface area (Å²) in [4.78, 5) is 4.59. The molecule has 0 saturated heterocycles. The molecule has 5 nitrogen and oxygen atoms in total. The van der Waals surface area contributed by atoms with Gasteiger partial charge in [0.2, 0.25) is 10.0 Å². The minimum Gasteiger partial charge on any atom is -0.396 e. The number of aliphatic hydroxyl groups excluding tert-OH is 1. The summed E-state index contributed by atoms with van der Waals surface area (Å²) in [5, 5.41) is 9.84. The lowest BCUT2D eigenvalue weighted by atomic mass is 9.87. The van der Waals surface area contributed by atoms with E-state index in [4.69, 9.17) is 0 Å². The summed E-state index contributed by atoms with van der Waals surface area (Å²) in [6, 6.07) is 6.95. The van der Waals surface area contributed by atoms with E-state index in [0.29, 0.717) is 11.3 Å². The Labute approximate surface area is 136 Å². The van der Waals surface area contributed by atoms with Crippen molar-refractivity contribution < 1.29 is 13.5 Å². The fraction of sp³-hybridized carbons (Fsp3) is 0.471. The molecule has 1 fully saturated rings. The first-order valence-electron chi connectivity index (χ1n) is 7.99. The first kappa shape index (κ1) is 16.4. The van der Waals surface area contributed by atoms with Crippen LogP contribution in [0.5, 0.6) is 0 Å². The van der Waals surface area contributed by atoms with E-state index in [1.165, 1.54) is 0 Å². The highest BCUT2D eigenvalue weighted by Gasteiger charge is 2.26. The predicted octanol–water partition coefficient (Wildman–Crippen LogP) is 2.37. The lowest BCUT2D eigenvalue weighted by molar-refractivity contribution is 0.180. The minimum atomic E-state index is -3.58. The van der Waals surface area contributed by atoms with Crippen molar-refractivity contribution in [3.63, 3.8) is 0 Å². The van der Waals surface area contributed by atoms with E-state index in [1.54, 1.807) is 30.5 Å². The number of rotatable bonds is 4. The van der Waals surface area contributed by atoms with Gasteiger partial charge in [-0.3, -0.25) is 4.98 Å². The quantitative estimate of drug-likeness (QED) is 0.900. The molecule has 1 aliphatic carbocycles. The van der Waals surface area contributed by atoms with Crippen molar-refractivity contribution in [3.8, 4) is 0 Å². The summed E-state index contributed by atoms with van der Waals surface area (Å²) >= 11 is 0. The zero-order chi connectivity index (χ0) is 16.4. The van der Waals surface area contributed by atoms with Crippen molar-refractivity contribution in [2.45, 2.75) is 43.5 Å². The third kappa shape index (κ3) is 3.39. The number of aliphatic hydroxyl groups is 1. The van der Waals surface area contributed by atoms with Gasteiger partial charge in [-0.1, -0.05) is 6.07 Å². The Bertz CT molecular complexity index is 797. The molecule has 1 saturated carbocycles. The smallest absolute Gasteiger partial charge is 0.241 e. The molecule has 23 heavy (non-hydrogen) atoms. The summed E-state index contributed by atoms with van der Waals surface area (Å²) < 4.78 is 28.4. The number of nitrogens with one attached hydrogen (secondary N) is 1. The first-order valence-corrected chi connectivity index (χ1v) is 9.47. The van der Waals surface area contributed by atoms with Gasteiger partial charge in [0.15, 0.2) is 0 Å². The van der Waals surface area contributed by atoms with E-state index >= 15 is 0 Å². The van der Waals surface area contributed by atoms with E-state index in [-0.39, 0.29) is 17.5 Å². The fourth-order valence-electron chi connectivity index (χ4n) is 3.27. The maximum absolute atomic E-state index is 12.8. The van der Waals surface area contributed by atoms with Crippen LogP contribution in [0.25, 0.3) is 10.9 Å². The standard InChI is InChI=1S/C17H22N2O3S/c1-12-4-9-16(15-3-2-10-18-17(12)15)23(21,22)19-14-7-5-13(11-20)6-8-14/h2-4,9-10,13-14,19-20H,5-8,11H2,1H3. The minimum absolute atomic E-state index is 0.0594. The monoisotopic (exact) mass is 334 g/mol. The maximum Gasteiger partial charge on any atom is 0.241 e. The fourth-order valence-corrected chi connectivity index (χ4v) is 4.77. The Kier molecular flexibility index (Phi) is 4.66. The molecule has 1 heterocycles. The molecule has 2 aromatic rings. The third-order valence-electron chi connectivity index (χ3n) is 4.65. The number of benzene rings is 1. The summed E-state index contributed by atoms with van der Waals surface area (Å²) in [5.41, 5.74) is 1.68. The Morgan fingerprint density at radius 2 is 1.96 bits per heavy atom. The number of pyridine rings is 1. The highest BCUT2D eigenvalue weighted by Crippen LogP contribution is 2.27. The van der Waals surface area contributed by atoms with Gasteiger partial charge in [-0.25, -0.2) is 13.1 Å². The van der Waals surface area contributed by atoms with Gasteiger partial charge in [-0.2, -0.15) is 0 Å². The van der Waals surface area contributed by atoms with Crippen molar-refractivity contribution in [2.75, 3.05) is 6.61 Å². The second-order valence-electron chi connectivity index (χ2n) is 6.30. The van der Waals surface area contributed by atoms with Gasteiger partial charge < -0.3 is 5.11 Å². The van der Waals surface area contributed by atoms with Gasteiger partial charge in [0.05, 0.1) is 10.4 Å². The first-order chi connectivity index (χ1) is 11.0. The van der Waals surface area contributed by atoms with Gasteiger partial charge in [0.25, 0.3) is 0 Å². The SMILES string of the molecule is Cc1ccc(S(=O)(=O)NC2CCC(CO)CC2)c2cccnc12. The maximum atomic E-state index is 12.8. The Morgan fingerprint density at radius 1 is 1.22 bits per heavy atom. The second-order valence-corrected chi connectivity index (χ2v) is 7.98. The van der Waals surface area contributed by atoms with Gasteiger partial charge >= 0.3 is 0 Å². The molecule has 0 unspecified atom stereocenters. The lowest BCUT2D eigenvalue weighted by Gasteiger charge is -2.27. The van der Waals surface area contributed by atoms with Crippen LogP contribution in [0.4, 0.5) is 0 Å². The van der Waals surface area contributed by atoms with E-state index in [0.717, 1.165) is 36.8 Å². The Morgan fingerprint density at radius 3 is 2.65 bits per heavy atom. The highest BCUT2D eigenvalue weighted by molar-refractivity contribution is 7.89. The summed E-state index contributed by atoms with van der Waals surface area (Å²) in [6.45, 7) is 2.11. The number of hydrogen-bond acceptors (Lipinski definition) is 4. The number of nitrogens with zero attached hydrogens (tertiary/aromatic N) is 1. The molecule has 124 valence electrons. The second kappa shape index (κ2) is 6.55. The Hall–Kier alpha value is -1.50. The predicted molar refractivity (Wildman–Crippen MR) is 89.6 cm³/mol. The van der Waals surface area contributed by atoms with Gasteiger partial charge in [0, 0.05) is 24.2 Å². The average Bonchev–Trinajstić information content (AvgIpc) is 2.55. The third-order valence-corrected chi connectivity index (χ3v) is 6.23. The van der Waals surface area contributed by atoms with Crippen molar-refractivity contribution >= 4 is 20.9 Å². The van der Waals surface area contributed by atoms with Crippen LogP contribution in [0.1, 0.15) is 31.2 Å². The van der Waals surface area contributed by atoms with E-state index in [9.17, 15) is 13.5 Å². The van der Waals surface area contributed by atoms with Crippen molar-refractivity contribution in [2.24, 2.45) is 5.92 Å². The molecule has 0 radical (unpaired) electrons. The number of sulfonamides is 1. The van der Waals surface area contributed by atoms with Gasteiger partial charge in [-0.05, 0) is 62.3 Å². The van der Waals surface area contributed by atoms with Crippen LogP contribution in [0.15, 0.2) is 35.4 Å². The molecule has 0 amide bonds.